The molecule has 2 aromatic carbocycles. The lowest BCUT2D eigenvalue weighted by Gasteiger charge is -2.30. The molecule has 3 rings (SSSR count). The summed E-state index contributed by atoms with van der Waals surface area (Å²) < 4.78 is 3.42. The number of imidazole rings is 1. The van der Waals surface area contributed by atoms with E-state index in [1.54, 1.807) is 0 Å². The van der Waals surface area contributed by atoms with Crippen LogP contribution in [0.1, 0.15) is 24.5 Å². The molecule has 5 heteroatoms. The van der Waals surface area contributed by atoms with Gasteiger partial charge in [-0.2, -0.15) is 0 Å². The van der Waals surface area contributed by atoms with Gasteiger partial charge in [-0.05, 0) is 55.2 Å². The molecule has 2 nitrogen and oxygen atoms in total. The van der Waals surface area contributed by atoms with Gasteiger partial charge in [0.1, 0.15) is 0 Å². The Kier molecular flexibility index (Phi) is 6.85. The fourth-order valence-electron chi connectivity index (χ4n) is 2.86. The zero-order valence-corrected chi connectivity index (χ0v) is 17.9. The zero-order valence-electron chi connectivity index (χ0n) is 14.7. The van der Waals surface area contributed by atoms with E-state index in [4.69, 9.17) is 11.6 Å². The summed E-state index contributed by atoms with van der Waals surface area (Å²) in [6, 6.07) is 16.8. The predicted octanol–water partition coefficient (Wildman–Crippen LogP) is 6.62. The molecule has 0 spiro atoms. The smallest absolute Gasteiger partial charge is 0.0946 e. The van der Waals surface area contributed by atoms with Crippen LogP contribution in [0.4, 0.5) is 0 Å². The first-order valence-corrected chi connectivity index (χ1v) is 10.8. The molecule has 1 unspecified atom stereocenters. The summed E-state index contributed by atoms with van der Waals surface area (Å²) >= 11 is 11.5. The van der Waals surface area contributed by atoms with E-state index in [1.165, 1.54) is 11.1 Å². The molecular weight excluding hydrogens is 428 g/mol. The number of hydrogen-bond donors (Lipinski definition) is 0. The topological polar surface area (TPSA) is 17.8 Å². The SMILES string of the molecule is CC(CCc1ccc(Br)cc1)(Cn1ccnc1)SCc1ccc(Cl)cc1. The van der Waals surface area contributed by atoms with Crippen molar-refractivity contribution in [2.24, 2.45) is 0 Å². The second-order valence-electron chi connectivity index (χ2n) is 6.73. The molecule has 0 saturated heterocycles. The summed E-state index contributed by atoms with van der Waals surface area (Å²) in [5, 5.41) is 0.787. The molecule has 0 radical (unpaired) electrons. The normalized spacial score (nSPS) is 13.5. The first-order valence-electron chi connectivity index (χ1n) is 8.61. The highest BCUT2D eigenvalue weighted by Gasteiger charge is 2.25. The molecule has 0 amide bonds. The highest BCUT2D eigenvalue weighted by molar-refractivity contribution is 9.10. The average molecular weight is 450 g/mol. The Hall–Kier alpha value is -1.23. The number of aromatic nitrogens is 2. The summed E-state index contributed by atoms with van der Waals surface area (Å²) in [4.78, 5) is 4.20. The van der Waals surface area contributed by atoms with Crippen LogP contribution >= 0.6 is 39.3 Å². The van der Waals surface area contributed by atoms with Gasteiger partial charge in [-0.1, -0.05) is 51.8 Å². The van der Waals surface area contributed by atoms with Gasteiger partial charge in [0.05, 0.1) is 6.33 Å². The first-order chi connectivity index (χ1) is 12.5. The molecule has 0 fully saturated rings. The van der Waals surface area contributed by atoms with Crippen LogP contribution < -0.4 is 0 Å². The van der Waals surface area contributed by atoms with Crippen molar-refractivity contribution in [1.29, 1.82) is 0 Å². The maximum atomic E-state index is 6.00. The van der Waals surface area contributed by atoms with Crippen LogP contribution in [-0.4, -0.2) is 14.3 Å². The lowest BCUT2D eigenvalue weighted by atomic mass is 10.00. The summed E-state index contributed by atoms with van der Waals surface area (Å²) in [6.45, 7) is 3.30. The third-order valence-corrected chi connectivity index (χ3v) is 6.72. The van der Waals surface area contributed by atoms with Gasteiger partial charge >= 0.3 is 0 Å². The van der Waals surface area contributed by atoms with Crippen molar-refractivity contribution in [3.05, 3.63) is 87.9 Å². The highest BCUT2D eigenvalue weighted by atomic mass is 79.9. The molecule has 1 atom stereocenters. The van der Waals surface area contributed by atoms with E-state index in [9.17, 15) is 0 Å². The number of benzene rings is 2. The van der Waals surface area contributed by atoms with Crippen molar-refractivity contribution in [3.63, 3.8) is 0 Å². The Morgan fingerprint density at radius 1 is 1.08 bits per heavy atom. The van der Waals surface area contributed by atoms with Gasteiger partial charge in [0.25, 0.3) is 0 Å². The van der Waals surface area contributed by atoms with Crippen LogP contribution in [0.5, 0.6) is 0 Å². The monoisotopic (exact) mass is 448 g/mol. The molecule has 0 aliphatic rings. The number of aryl methyl sites for hydroxylation is 1. The van der Waals surface area contributed by atoms with Crippen molar-refractivity contribution >= 4 is 39.3 Å². The molecule has 0 aliphatic carbocycles. The second kappa shape index (κ2) is 9.12. The Balaban J connectivity index is 1.68. The standard InChI is InChI=1S/C21H22BrClN2S/c1-21(15-25-13-12-24-16-25,11-10-17-2-6-19(22)7-3-17)26-14-18-4-8-20(23)9-5-18/h2-9,12-13,16H,10-11,14-15H2,1H3. The summed E-state index contributed by atoms with van der Waals surface area (Å²) in [6.07, 6.45) is 7.96. The molecule has 26 heavy (non-hydrogen) atoms. The summed E-state index contributed by atoms with van der Waals surface area (Å²) in [5.41, 5.74) is 2.68. The van der Waals surface area contributed by atoms with E-state index in [-0.39, 0.29) is 4.75 Å². The fraction of sp³-hybridized carbons (Fsp3) is 0.286. The Labute approximate surface area is 173 Å². The molecule has 0 saturated carbocycles. The number of halogens is 2. The van der Waals surface area contributed by atoms with Gasteiger partial charge < -0.3 is 4.57 Å². The molecular formula is C21H22BrClN2S. The van der Waals surface area contributed by atoms with E-state index in [2.05, 4.69) is 68.8 Å². The average Bonchev–Trinajstić information content (AvgIpc) is 3.14. The predicted molar refractivity (Wildman–Crippen MR) is 116 cm³/mol. The molecule has 0 N–H and O–H groups in total. The van der Waals surface area contributed by atoms with Crippen molar-refractivity contribution < 1.29 is 0 Å². The van der Waals surface area contributed by atoms with Gasteiger partial charge in [-0.15, -0.1) is 11.8 Å². The molecule has 0 bridgehead atoms. The molecule has 1 heterocycles. The maximum Gasteiger partial charge on any atom is 0.0946 e. The van der Waals surface area contributed by atoms with Gasteiger partial charge in [-0.25, -0.2) is 4.98 Å². The molecule has 0 aliphatic heterocycles. The summed E-state index contributed by atoms with van der Waals surface area (Å²) in [7, 11) is 0. The van der Waals surface area contributed by atoms with Crippen molar-refractivity contribution in [1.82, 2.24) is 9.55 Å². The Bertz CT molecular complexity index is 752. The van der Waals surface area contributed by atoms with Crippen LogP contribution in [0.15, 0.2) is 71.7 Å². The van der Waals surface area contributed by atoms with Gasteiger partial charge in [0.15, 0.2) is 0 Å². The van der Waals surface area contributed by atoms with Crippen LogP contribution in [0.25, 0.3) is 0 Å². The van der Waals surface area contributed by atoms with E-state index < -0.39 is 0 Å². The molecule has 1 aromatic heterocycles. The number of nitrogens with zero attached hydrogens (tertiary/aromatic N) is 2. The van der Waals surface area contributed by atoms with Crippen LogP contribution in [0.2, 0.25) is 5.02 Å². The molecule has 136 valence electrons. The zero-order chi connectivity index (χ0) is 18.4. The fourth-order valence-corrected chi connectivity index (χ4v) is 4.45. The van der Waals surface area contributed by atoms with Gasteiger partial charge in [0.2, 0.25) is 0 Å². The van der Waals surface area contributed by atoms with E-state index in [1.807, 2.05) is 42.6 Å². The molecule has 3 aromatic rings. The third kappa shape index (κ3) is 5.90. The number of thioether (sulfide) groups is 1. The van der Waals surface area contributed by atoms with Crippen molar-refractivity contribution in [2.45, 2.75) is 36.8 Å². The Morgan fingerprint density at radius 3 is 2.42 bits per heavy atom. The van der Waals surface area contributed by atoms with E-state index >= 15 is 0 Å². The lowest BCUT2D eigenvalue weighted by Crippen LogP contribution is -2.27. The quantitative estimate of drug-likeness (QED) is 0.384. The minimum absolute atomic E-state index is 0.118. The van der Waals surface area contributed by atoms with Crippen LogP contribution in [0.3, 0.4) is 0 Å². The lowest BCUT2D eigenvalue weighted by molar-refractivity contribution is 0.495. The van der Waals surface area contributed by atoms with Crippen LogP contribution in [0, 0.1) is 0 Å². The van der Waals surface area contributed by atoms with Gasteiger partial charge in [-0.3, -0.25) is 0 Å². The number of rotatable bonds is 8. The van der Waals surface area contributed by atoms with Crippen molar-refractivity contribution in [3.8, 4) is 0 Å². The Morgan fingerprint density at radius 2 is 1.77 bits per heavy atom. The first kappa shape index (κ1) is 19.5. The van der Waals surface area contributed by atoms with E-state index in [0.717, 1.165) is 34.6 Å². The largest absolute Gasteiger partial charge is 0.336 e. The van der Waals surface area contributed by atoms with Gasteiger partial charge in [0, 0.05) is 38.9 Å². The minimum atomic E-state index is 0.118. The highest BCUT2D eigenvalue weighted by Crippen LogP contribution is 2.35. The number of hydrogen-bond acceptors (Lipinski definition) is 2. The summed E-state index contributed by atoms with van der Waals surface area (Å²) in [5.74, 6) is 0.975. The third-order valence-electron chi connectivity index (χ3n) is 4.43. The maximum absolute atomic E-state index is 6.00. The minimum Gasteiger partial charge on any atom is -0.336 e. The van der Waals surface area contributed by atoms with E-state index in [0.29, 0.717) is 0 Å². The van der Waals surface area contributed by atoms with Crippen molar-refractivity contribution in [2.75, 3.05) is 0 Å². The van der Waals surface area contributed by atoms with Crippen LogP contribution in [-0.2, 0) is 18.7 Å². The second-order valence-corrected chi connectivity index (χ2v) is 9.64.